The van der Waals surface area contributed by atoms with Crippen molar-refractivity contribution in [3.63, 3.8) is 0 Å². The van der Waals surface area contributed by atoms with E-state index in [-0.39, 0.29) is 12.5 Å². The molecule has 0 bridgehead atoms. The van der Waals surface area contributed by atoms with Crippen molar-refractivity contribution in [2.45, 2.75) is 25.9 Å². The predicted molar refractivity (Wildman–Crippen MR) is 64.6 cm³/mol. The molecule has 1 aromatic rings. The summed E-state index contributed by atoms with van der Waals surface area (Å²) >= 11 is 0. The highest BCUT2D eigenvalue weighted by Gasteiger charge is 2.21. The van der Waals surface area contributed by atoms with Gasteiger partial charge in [-0.2, -0.15) is 0 Å². The summed E-state index contributed by atoms with van der Waals surface area (Å²) in [4.78, 5) is 13.8. The zero-order chi connectivity index (χ0) is 13.2. The average Bonchev–Trinajstić information content (AvgIpc) is 2.78. The zero-order valence-corrected chi connectivity index (χ0v) is 10.8. The fourth-order valence-electron chi connectivity index (χ4n) is 1.72. The van der Waals surface area contributed by atoms with Crippen molar-refractivity contribution in [1.82, 2.24) is 19.9 Å². The molecule has 0 saturated carbocycles. The molecule has 2 N–H and O–H groups in total. The SMILES string of the molecule is CC(C)(N)c1cn(CC(=O)N2CCOCC2)nn1. The number of hydrogen-bond donors (Lipinski definition) is 1. The third-order valence-electron chi connectivity index (χ3n) is 2.86. The number of hydrogen-bond acceptors (Lipinski definition) is 5. The Morgan fingerprint density at radius 1 is 1.50 bits per heavy atom. The van der Waals surface area contributed by atoms with E-state index in [4.69, 9.17) is 10.5 Å². The molecule has 100 valence electrons. The first-order valence-electron chi connectivity index (χ1n) is 6.02. The van der Waals surface area contributed by atoms with E-state index < -0.39 is 5.54 Å². The number of aromatic nitrogens is 3. The second-order valence-corrected chi connectivity index (χ2v) is 5.02. The van der Waals surface area contributed by atoms with Crippen LogP contribution >= 0.6 is 0 Å². The Bertz CT molecular complexity index is 417. The highest BCUT2D eigenvalue weighted by molar-refractivity contribution is 5.75. The van der Waals surface area contributed by atoms with Gasteiger partial charge in [0.1, 0.15) is 12.2 Å². The third kappa shape index (κ3) is 3.05. The number of carbonyl (C=O) groups excluding carboxylic acids is 1. The van der Waals surface area contributed by atoms with Crippen molar-refractivity contribution in [2.75, 3.05) is 26.3 Å². The standard InChI is InChI=1S/C11H19N5O2/c1-11(2,12)9-7-16(14-13-9)8-10(17)15-3-5-18-6-4-15/h7H,3-6,8,12H2,1-2H3. The van der Waals surface area contributed by atoms with Gasteiger partial charge in [0.25, 0.3) is 0 Å². The lowest BCUT2D eigenvalue weighted by molar-refractivity contribution is -0.136. The van der Waals surface area contributed by atoms with E-state index in [2.05, 4.69) is 10.3 Å². The van der Waals surface area contributed by atoms with Crippen molar-refractivity contribution in [3.05, 3.63) is 11.9 Å². The second kappa shape index (κ2) is 5.03. The van der Waals surface area contributed by atoms with Gasteiger partial charge in [-0.1, -0.05) is 5.21 Å². The Morgan fingerprint density at radius 2 is 2.17 bits per heavy atom. The van der Waals surface area contributed by atoms with Crippen LogP contribution < -0.4 is 5.73 Å². The fourth-order valence-corrected chi connectivity index (χ4v) is 1.72. The Kier molecular flexibility index (Phi) is 3.63. The highest BCUT2D eigenvalue weighted by Crippen LogP contribution is 2.12. The molecule has 7 nitrogen and oxygen atoms in total. The largest absolute Gasteiger partial charge is 0.378 e. The number of nitrogens with two attached hydrogens (primary N) is 1. The van der Waals surface area contributed by atoms with Gasteiger partial charge in [0.2, 0.25) is 5.91 Å². The fraction of sp³-hybridized carbons (Fsp3) is 0.727. The normalized spacial score (nSPS) is 16.9. The van der Waals surface area contributed by atoms with Gasteiger partial charge in [0, 0.05) is 13.1 Å². The van der Waals surface area contributed by atoms with Gasteiger partial charge in [-0.25, -0.2) is 4.68 Å². The molecule has 0 aliphatic carbocycles. The Morgan fingerprint density at radius 3 is 2.72 bits per heavy atom. The molecule has 18 heavy (non-hydrogen) atoms. The van der Waals surface area contributed by atoms with E-state index >= 15 is 0 Å². The average molecular weight is 253 g/mol. The smallest absolute Gasteiger partial charge is 0.244 e. The molecular weight excluding hydrogens is 234 g/mol. The molecule has 0 radical (unpaired) electrons. The Balaban J connectivity index is 1.96. The molecule has 0 spiro atoms. The molecule has 2 rings (SSSR count). The van der Waals surface area contributed by atoms with Crippen molar-refractivity contribution < 1.29 is 9.53 Å². The number of nitrogens with zero attached hydrogens (tertiary/aromatic N) is 4. The topological polar surface area (TPSA) is 86.3 Å². The molecule has 0 atom stereocenters. The maximum atomic E-state index is 12.0. The highest BCUT2D eigenvalue weighted by atomic mass is 16.5. The number of carbonyl (C=O) groups is 1. The van der Waals surface area contributed by atoms with Crippen LogP contribution in [0.4, 0.5) is 0 Å². The van der Waals surface area contributed by atoms with Gasteiger partial charge in [-0.15, -0.1) is 5.10 Å². The van der Waals surface area contributed by atoms with Gasteiger partial charge in [0.15, 0.2) is 0 Å². The summed E-state index contributed by atoms with van der Waals surface area (Å²) in [5.74, 6) is 0.0320. The first-order chi connectivity index (χ1) is 8.47. The van der Waals surface area contributed by atoms with Crippen LogP contribution in [0.3, 0.4) is 0 Å². The number of amides is 1. The summed E-state index contributed by atoms with van der Waals surface area (Å²) in [6.45, 7) is 6.39. The monoisotopic (exact) mass is 253 g/mol. The number of morpholine rings is 1. The lowest BCUT2D eigenvalue weighted by Crippen LogP contribution is -2.42. The lowest BCUT2D eigenvalue weighted by Gasteiger charge is -2.26. The maximum Gasteiger partial charge on any atom is 0.244 e. The lowest BCUT2D eigenvalue weighted by atomic mass is 10.0. The summed E-state index contributed by atoms with van der Waals surface area (Å²) in [7, 11) is 0. The molecule has 1 fully saturated rings. The molecule has 2 heterocycles. The van der Waals surface area contributed by atoms with Gasteiger partial charge in [-0.3, -0.25) is 4.79 Å². The minimum absolute atomic E-state index is 0.0320. The summed E-state index contributed by atoms with van der Waals surface area (Å²) in [6.07, 6.45) is 1.72. The van der Waals surface area contributed by atoms with E-state index in [0.717, 1.165) is 0 Å². The summed E-state index contributed by atoms with van der Waals surface area (Å²) in [5, 5.41) is 7.90. The molecule has 1 aliphatic heterocycles. The molecule has 0 unspecified atom stereocenters. The van der Waals surface area contributed by atoms with Crippen LogP contribution in [0.1, 0.15) is 19.5 Å². The van der Waals surface area contributed by atoms with Crippen molar-refractivity contribution >= 4 is 5.91 Å². The molecule has 1 aliphatic rings. The van der Waals surface area contributed by atoms with Gasteiger partial charge in [0.05, 0.1) is 24.9 Å². The summed E-state index contributed by atoms with van der Waals surface area (Å²) < 4.78 is 6.73. The molecule has 0 aromatic carbocycles. The van der Waals surface area contributed by atoms with E-state index in [0.29, 0.717) is 32.0 Å². The predicted octanol–water partition coefficient (Wildman–Crippen LogP) is -0.669. The Labute approximate surface area is 106 Å². The number of rotatable bonds is 3. The summed E-state index contributed by atoms with van der Waals surface area (Å²) in [5.41, 5.74) is 6.05. The van der Waals surface area contributed by atoms with E-state index in [9.17, 15) is 4.79 Å². The Hall–Kier alpha value is -1.47. The quantitative estimate of drug-likeness (QED) is 0.772. The third-order valence-corrected chi connectivity index (χ3v) is 2.86. The first kappa shape index (κ1) is 13.0. The van der Waals surface area contributed by atoms with Crippen LogP contribution in [-0.4, -0.2) is 52.1 Å². The van der Waals surface area contributed by atoms with Crippen LogP contribution in [0, 0.1) is 0 Å². The second-order valence-electron chi connectivity index (χ2n) is 5.02. The van der Waals surface area contributed by atoms with Crippen molar-refractivity contribution in [1.29, 1.82) is 0 Å². The van der Waals surface area contributed by atoms with Crippen LogP contribution in [-0.2, 0) is 21.6 Å². The van der Waals surface area contributed by atoms with E-state index in [1.165, 1.54) is 4.68 Å². The first-order valence-corrected chi connectivity index (χ1v) is 6.02. The molecule has 1 saturated heterocycles. The minimum Gasteiger partial charge on any atom is -0.378 e. The van der Waals surface area contributed by atoms with Crippen molar-refractivity contribution in [3.8, 4) is 0 Å². The van der Waals surface area contributed by atoms with Gasteiger partial charge in [-0.05, 0) is 13.8 Å². The van der Waals surface area contributed by atoms with Gasteiger partial charge >= 0.3 is 0 Å². The van der Waals surface area contributed by atoms with Crippen LogP contribution in [0.15, 0.2) is 6.20 Å². The minimum atomic E-state index is -0.541. The van der Waals surface area contributed by atoms with Crippen LogP contribution in [0.5, 0.6) is 0 Å². The molecule has 1 aromatic heterocycles. The van der Waals surface area contributed by atoms with Crippen molar-refractivity contribution in [2.24, 2.45) is 5.73 Å². The van der Waals surface area contributed by atoms with E-state index in [1.807, 2.05) is 13.8 Å². The van der Waals surface area contributed by atoms with Crippen LogP contribution in [0.2, 0.25) is 0 Å². The van der Waals surface area contributed by atoms with Crippen LogP contribution in [0.25, 0.3) is 0 Å². The number of ether oxygens (including phenoxy) is 1. The molecule has 1 amide bonds. The zero-order valence-electron chi connectivity index (χ0n) is 10.8. The van der Waals surface area contributed by atoms with E-state index in [1.54, 1.807) is 11.1 Å². The maximum absolute atomic E-state index is 12.0. The molecular formula is C11H19N5O2. The summed E-state index contributed by atoms with van der Waals surface area (Å²) in [6, 6.07) is 0. The van der Waals surface area contributed by atoms with Gasteiger partial charge < -0.3 is 15.4 Å². The molecule has 7 heteroatoms.